The number of hydrogen-bond acceptors (Lipinski definition) is 7. The van der Waals surface area contributed by atoms with Crippen molar-refractivity contribution in [3.05, 3.63) is 131 Å². The highest BCUT2D eigenvalue weighted by molar-refractivity contribution is 5.78. The van der Waals surface area contributed by atoms with E-state index in [1.165, 1.54) is 5.56 Å². The molecule has 0 saturated carbocycles. The van der Waals surface area contributed by atoms with Crippen LogP contribution in [0, 0.1) is 0 Å². The van der Waals surface area contributed by atoms with E-state index < -0.39 is 12.2 Å². The molecule has 2 amide bonds. The fourth-order valence-electron chi connectivity index (χ4n) is 5.82. The van der Waals surface area contributed by atoms with E-state index in [9.17, 15) is 14.7 Å². The maximum Gasteiger partial charge on any atom is 0.243 e. The Morgan fingerprint density at radius 2 is 1.49 bits per heavy atom. The molecule has 47 heavy (non-hydrogen) atoms. The number of ether oxygens (including phenoxy) is 2. The van der Waals surface area contributed by atoms with E-state index in [2.05, 4.69) is 47.6 Å². The number of carbonyl (C=O) groups is 2. The van der Waals surface area contributed by atoms with Gasteiger partial charge in [0.2, 0.25) is 11.8 Å². The van der Waals surface area contributed by atoms with Crippen molar-refractivity contribution in [3.63, 3.8) is 0 Å². The van der Waals surface area contributed by atoms with Gasteiger partial charge in [-0.2, -0.15) is 0 Å². The van der Waals surface area contributed by atoms with Gasteiger partial charge in [0.15, 0.2) is 6.29 Å². The second kappa shape index (κ2) is 17.0. The summed E-state index contributed by atoms with van der Waals surface area (Å²) < 4.78 is 13.2. The Balaban J connectivity index is 1.29. The van der Waals surface area contributed by atoms with E-state index in [0.29, 0.717) is 19.4 Å². The predicted octanol–water partition coefficient (Wildman–Crippen LogP) is 5.82. The maximum atomic E-state index is 12.3. The number of nitrogens with zero attached hydrogens (tertiary/aromatic N) is 1. The number of rotatable bonds is 14. The van der Waals surface area contributed by atoms with Crippen LogP contribution in [0.2, 0.25) is 0 Å². The van der Waals surface area contributed by atoms with Crippen molar-refractivity contribution in [1.29, 1.82) is 0 Å². The minimum absolute atomic E-state index is 0.00366. The molecule has 1 aliphatic heterocycles. The van der Waals surface area contributed by atoms with Gasteiger partial charge in [0.25, 0.3) is 0 Å². The van der Waals surface area contributed by atoms with Gasteiger partial charge in [0.1, 0.15) is 0 Å². The summed E-state index contributed by atoms with van der Waals surface area (Å²) >= 11 is 0. The fraction of sp³-hybridized carbons (Fsp3) is 0.316. The van der Waals surface area contributed by atoms with Crippen LogP contribution in [-0.4, -0.2) is 46.7 Å². The quantitative estimate of drug-likeness (QED) is 0.102. The standard InChI is InChI=1S/C38H43N3O6/c1-41(24-27-8-3-2-4-9-27)25-34-22-35(30-18-16-28(26-42)17-19-30)47-38(46-34)33-13-6-12-32(21-33)31-11-5-10-29(20-31)23-39-36(43)14-7-15-37(44)40-45/h2-6,8-13,16-21,34-35,38,42,45H,7,14-15,22-26H2,1H3,(H,39,43)(H,40,44)/t34-,35+,38+/m1/s1. The highest BCUT2D eigenvalue weighted by Crippen LogP contribution is 2.39. The van der Waals surface area contributed by atoms with Crippen molar-refractivity contribution in [2.24, 2.45) is 0 Å². The summed E-state index contributed by atoms with van der Waals surface area (Å²) in [6.07, 6.45) is 0.532. The summed E-state index contributed by atoms with van der Waals surface area (Å²) in [5.74, 6) is -0.658. The van der Waals surface area contributed by atoms with Crippen molar-refractivity contribution in [2.75, 3.05) is 13.6 Å². The first-order valence-electron chi connectivity index (χ1n) is 16.0. The number of hydroxylamine groups is 1. The van der Waals surface area contributed by atoms with Crippen molar-refractivity contribution in [2.45, 2.75) is 63.9 Å². The molecule has 4 N–H and O–H groups in total. The molecule has 9 nitrogen and oxygen atoms in total. The van der Waals surface area contributed by atoms with Gasteiger partial charge >= 0.3 is 0 Å². The molecule has 4 aromatic carbocycles. The fourth-order valence-corrected chi connectivity index (χ4v) is 5.82. The number of hydrogen-bond donors (Lipinski definition) is 4. The molecule has 9 heteroatoms. The summed E-state index contributed by atoms with van der Waals surface area (Å²) in [4.78, 5) is 25.7. The number of likely N-dealkylation sites (N-methyl/N-ethyl adjacent to an activating group) is 1. The average Bonchev–Trinajstić information content (AvgIpc) is 3.11. The maximum absolute atomic E-state index is 12.3. The highest BCUT2D eigenvalue weighted by Gasteiger charge is 2.33. The summed E-state index contributed by atoms with van der Waals surface area (Å²) in [5.41, 5.74) is 8.61. The van der Waals surface area contributed by atoms with Gasteiger partial charge in [-0.25, -0.2) is 5.48 Å². The number of amides is 2. The van der Waals surface area contributed by atoms with Crippen LogP contribution in [-0.2, 0) is 38.8 Å². The Hall–Kier alpha value is -4.38. The minimum atomic E-state index is -0.572. The molecule has 4 aromatic rings. The molecule has 3 atom stereocenters. The average molecular weight is 638 g/mol. The number of aliphatic hydroxyl groups excluding tert-OH is 1. The molecule has 0 radical (unpaired) electrons. The van der Waals surface area contributed by atoms with Crippen LogP contribution in [0.15, 0.2) is 103 Å². The molecule has 0 aromatic heterocycles. The lowest BCUT2D eigenvalue weighted by molar-refractivity contribution is -0.252. The van der Waals surface area contributed by atoms with Gasteiger partial charge in [-0.15, -0.1) is 0 Å². The largest absolute Gasteiger partial charge is 0.392 e. The molecule has 1 heterocycles. The predicted molar refractivity (Wildman–Crippen MR) is 179 cm³/mol. The lowest BCUT2D eigenvalue weighted by Gasteiger charge is -2.38. The summed E-state index contributed by atoms with van der Waals surface area (Å²) in [7, 11) is 2.11. The van der Waals surface area contributed by atoms with Gasteiger partial charge in [-0.1, -0.05) is 91.0 Å². The van der Waals surface area contributed by atoms with Crippen molar-refractivity contribution >= 4 is 11.8 Å². The molecule has 5 rings (SSSR count). The van der Waals surface area contributed by atoms with E-state index in [-0.39, 0.29) is 37.6 Å². The van der Waals surface area contributed by atoms with Gasteiger partial charge in [-0.3, -0.25) is 19.7 Å². The van der Waals surface area contributed by atoms with Gasteiger partial charge < -0.3 is 19.9 Å². The lowest BCUT2D eigenvalue weighted by Crippen LogP contribution is -2.37. The van der Waals surface area contributed by atoms with E-state index in [0.717, 1.165) is 46.5 Å². The first kappa shape index (κ1) is 34.0. The molecule has 0 bridgehead atoms. The molecule has 0 spiro atoms. The van der Waals surface area contributed by atoms with Crippen LogP contribution in [0.5, 0.6) is 0 Å². The Labute approximate surface area is 276 Å². The summed E-state index contributed by atoms with van der Waals surface area (Å²) in [5, 5.41) is 21.1. The zero-order valence-corrected chi connectivity index (χ0v) is 26.7. The van der Waals surface area contributed by atoms with Crippen LogP contribution < -0.4 is 10.8 Å². The van der Waals surface area contributed by atoms with Crippen LogP contribution in [0.3, 0.4) is 0 Å². The van der Waals surface area contributed by atoms with E-state index in [4.69, 9.17) is 14.7 Å². The van der Waals surface area contributed by atoms with Crippen molar-refractivity contribution in [1.82, 2.24) is 15.7 Å². The topological polar surface area (TPSA) is 120 Å². The van der Waals surface area contributed by atoms with Crippen LogP contribution >= 0.6 is 0 Å². The van der Waals surface area contributed by atoms with E-state index >= 15 is 0 Å². The second-order valence-corrected chi connectivity index (χ2v) is 12.0. The molecular formula is C38H43N3O6. The smallest absolute Gasteiger partial charge is 0.243 e. The number of nitrogens with one attached hydrogen (secondary N) is 2. The molecule has 246 valence electrons. The van der Waals surface area contributed by atoms with Crippen LogP contribution in [0.25, 0.3) is 11.1 Å². The first-order valence-corrected chi connectivity index (χ1v) is 16.0. The number of carbonyl (C=O) groups excluding carboxylic acids is 2. The zero-order valence-electron chi connectivity index (χ0n) is 26.7. The summed E-state index contributed by atoms with van der Waals surface area (Å²) in [6, 6.07) is 34.5. The summed E-state index contributed by atoms with van der Waals surface area (Å²) in [6.45, 7) is 1.91. The third-order valence-electron chi connectivity index (χ3n) is 8.27. The van der Waals surface area contributed by atoms with Gasteiger partial charge in [-0.05, 0) is 59.0 Å². The van der Waals surface area contributed by atoms with Crippen LogP contribution in [0.4, 0.5) is 0 Å². The lowest BCUT2D eigenvalue weighted by atomic mass is 9.98. The Morgan fingerprint density at radius 3 is 2.23 bits per heavy atom. The Bertz CT molecular complexity index is 1600. The zero-order chi connectivity index (χ0) is 33.0. The van der Waals surface area contributed by atoms with Gasteiger partial charge in [0, 0.05) is 44.5 Å². The third-order valence-corrected chi connectivity index (χ3v) is 8.27. The van der Waals surface area contributed by atoms with Crippen molar-refractivity contribution in [3.8, 4) is 11.1 Å². The van der Waals surface area contributed by atoms with E-state index in [1.54, 1.807) is 5.48 Å². The Morgan fingerprint density at radius 1 is 0.787 bits per heavy atom. The van der Waals surface area contributed by atoms with E-state index in [1.807, 2.05) is 72.8 Å². The minimum Gasteiger partial charge on any atom is -0.392 e. The molecular weight excluding hydrogens is 594 g/mol. The van der Waals surface area contributed by atoms with Gasteiger partial charge in [0.05, 0.1) is 18.8 Å². The third kappa shape index (κ3) is 10.1. The molecule has 0 unspecified atom stereocenters. The molecule has 1 fully saturated rings. The Kier molecular flexibility index (Phi) is 12.3. The SMILES string of the molecule is CN(Cc1ccccc1)C[C@H]1C[C@@H](c2ccc(CO)cc2)O[C@@H](c2cccc(-c3cccc(CNC(=O)CCCC(=O)NO)c3)c2)O1. The van der Waals surface area contributed by atoms with Crippen LogP contribution in [0.1, 0.15) is 65.9 Å². The number of aliphatic hydroxyl groups is 1. The van der Waals surface area contributed by atoms with Crippen molar-refractivity contribution < 1.29 is 29.4 Å². The molecule has 1 aliphatic rings. The normalized spacial score (nSPS) is 17.7. The highest BCUT2D eigenvalue weighted by atomic mass is 16.7. The molecule has 1 saturated heterocycles. The first-order chi connectivity index (χ1) is 22.9. The molecule has 0 aliphatic carbocycles. The monoisotopic (exact) mass is 637 g/mol. The second-order valence-electron chi connectivity index (χ2n) is 12.0. The number of benzene rings is 4.